The van der Waals surface area contributed by atoms with E-state index in [2.05, 4.69) is 10.6 Å². The van der Waals surface area contributed by atoms with Crippen molar-refractivity contribution >= 4 is 35.2 Å². The number of anilines is 1. The fourth-order valence-corrected chi connectivity index (χ4v) is 3.23. The molecule has 2 N–H and O–H groups in total. The lowest BCUT2D eigenvalue weighted by Gasteiger charge is -2.18. The van der Waals surface area contributed by atoms with Crippen molar-refractivity contribution in [1.29, 1.82) is 0 Å². The molecule has 3 amide bonds. The van der Waals surface area contributed by atoms with Gasteiger partial charge in [-0.3, -0.25) is 14.4 Å². The van der Waals surface area contributed by atoms with Crippen molar-refractivity contribution in [3.63, 3.8) is 0 Å². The second-order valence-electron chi connectivity index (χ2n) is 6.25. The molecule has 0 aromatic heterocycles. The predicted molar refractivity (Wildman–Crippen MR) is 109 cm³/mol. The van der Waals surface area contributed by atoms with E-state index in [0.29, 0.717) is 22.7 Å². The Morgan fingerprint density at radius 2 is 1.86 bits per heavy atom. The molecule has 0 unspecified atom stereocenters. The van der Waals surface area contributed by atoms with E-state index in [1.807, 2.05) is 24.5 Å². The normalized spacial score (nSPS) is 11.7. The molecule has 0 spiro atoms. The number of carbonyl (C=O) groups is 3. The van der Waals surface area contributed by atoms with Gasteiger partial charge in [0.25, 0.3) is 5.91 Å². The Morgan fingerprint density at radius 1 is 1.10 bits per heavy atom. The van der Waals surface area contributed by atoms with E-state index in [0.717, 1.165) is 4.90 Å². The van der Waals surface area contributed by atoms with Gasteiger partial charge in [-0.15, -0.1) is 11.8 Å². The first kappa shape index (κ1) is 20.5. The van der Waals surface area contributed by atoms with Crippen LogP contribution in [-0.2, 0) is 9.59 Å². The summed E-state index contributed by atoms with van der Waals surface area (Å²) in [5.74, 6) is -0.0463. The minimum Gasteiger partial charge on any atom is -0.454 e. The maximum Gasteiger partial charge on any atom is 0.251 e. The van der Waals surface area contributed by atoms with Crippen LogP contribution in [0.1, 0.15) is 10.4 Å². The Morgan fingerprint density at radius 3 is 2.66 bits per heavy atom. The fraction of sp³-hybridized carbons (Fsp3) is 0.250. The minimum absolute atomic E-state index is 0.118. The van der Waals surface area contributed by atoms with Crippen molar-refractivity contribution in [1.82, 2.24) is 10.2 Å². The van der Waals surface area contributed by atoms with E-state index in [-0.39, 0.29) is 31.7 Å². The van der Waals surface area contributed by atoms with E-state index >= 15 is 0 Å². The molecule has 0 radical (unpaired) electrons. The van der Waals surface area contributed by atoms with E-state index in [9.17, 15) is 14.4 Å². The fourth-order valence-electron chi connectivity index (χ4n) is 2.67. The van der Waals surface area contributed by atoms with Crippen LogP contribution in [0.15, 0.2) is 47.4 Å². The van der Waals surface area contributed by atoms with Crippen LogP contribution in [0.5, 0.6) is 11.5 Å². The molecule has 0 aliphatic carbocycles. The standard InChI is InChI=1S/C20H21N3O5S/c1-23(11-18(24)22-14-5-3-4-6-17(14)29-2)19(25)10-21-20(26)13-7-8-15-16(9-13)28-12-27-15/h3-9H,10-12H2,1-2H3,(H,21,26)(H,22,24). The Balaban J connectivity index is 1.48. The summed E-state index contributed by atoms with van der Waals surface area (Å²) in [5.41, 5.74) is 1.05. The summed E-state index contributed by atoms with van der Waals surface area (Å²) in [4.78, 5) is 38.9. The number of hydrogen-bond donors (Lipinski definition) is 2. The van der Waals surface area contributed by atoms with Crippen LogP contribution in [0.4, 0.5) is 5.69 Å². The Bertz CT molecular complexity index is 934. The molecule has 0 atom stereocenters. The summed E-state index contributed by atoms with van der Waals surface area (Å²) >= 11 is 1.52. The van der Waals surface area contributed by atoms with E-state index < -0.39 is 5.91 Å². The zero-order valence-electron chi connectivity index (χ0n) is 16.1. The summed E-state index contributed by atoms with van der Waals surface area (Å²) < 4.78 is 10.4. The van der Waals surface area contributed by atoms with Crippen LogP contribution in [0.2, 0.25) is 0 Å². The van der Waals surface area contributed by atoms with Crippen molar-refractivity contribution in [2.75, 3.05) is 38.5 Å². The third-order valence-corrected chi connectivity index (χ3v) is 5.02. The number of hydrogen-bond acceptors (Lipinski definition) is 6. The molecular formula is C20H21N3O5S. The number of fused-ring (bicyclic) bond motifs is 1. The third-order valence-electron chi connectivity index (χ3n) is 4.22. The summed E-state index contributed by atoms with van der Waals surface area (Å²) in [6.45, 7) is -0.229. The largest absolute Gasteiger partial charge is 0.454 e. The van der Waals surface area contributed by atoms with Gasteiger partial charge < -0.3 is 25.0 Å². The summed E-state index contributed by atoms with van der Waals surface area (Å²) in [6.07, 6.45) is 1.92. The van der Waals surface area contributed by atoms with E-state index in [1.165, 1.54) is 23.7 Å². The van der Waals surface area contributed by atoms with Gasteiger partial charge in [-0.1, -0.05) is 12.1 Å². The van der Waals surface area contributed by atoms with E-state index in [1.54, 1.807) is 24.3 Å². The van der Waals surface area contributed by atoms with Crippen molar-refractivity contribution in [2.24, 2.45) is 0 Å². The molecule has 0 bridgehead atoms. The molecule has 29 heavy (non-hydrogen) atoms. The Labute approximate surface area is 172 Å². The van der Waals surface area contributed by atoms with Gasteiger partial charge in [-0.05, 0) is 36.6 Å². The van der Waals surface area contributed by atoms with Crippen LogP contribution in [0.3, 0.4) is 0 Å². The molecule has 1 aliphatic heterocycles. The van der Waals surface area contributed by atoms with E-state index in [4.69, 9.17) is 9.47 Å². The number of nitrogens with one attached hydrogen (secondary N) is 2. The van der Waals surface area contributed by atoms with Crippen LogP contribution < -0.4 is 20.1 Å². The second-order valence-corrected chi connectivity index (χ2v) is 7.10. The molecule has 9 heteroatoms. The first-order chi connectivity index (χ1) is 14.0. The Kier molecular flexibility index (Phi) is 6.61. The molecule has 8 nitrogen and oxygen atoms in total. The minimum atomic E-state index is -0.414. The quantitative estimate of drug-likeness (QED) is 0.671. The van der Waals surface area contributed by atoms with Crippen molar-refractivity contribution < 1.29 is 23.9 Å². The second kappa shape index (κ2) is 9.33. The molecular weight excluding hydrogens is 394 g/mol. The summed E-state index contributed by atoms with van der Waals surface area (Å²) in [6, 6.07) is 12.2. The molecule has 0 fully saturated rings. The number of nitrogens with zero attached hydrogens (tertiary/aromatic N) is 1. The molecule has 1 heterocycles. The lowest BCUT2D eigenvalue weighted by molar-refractivity contribution is -0.132. The lowest BCUT2D eigenvalue weighted by Crippen LogP contribution is -2.41. The van der Waals surface area contributed by atoms with Gasteiger partial charge in [0.15, 0.2) is 11.5 Å². The number of benzene rings is 2. The van der Waals surface area contributed by atoms with Gasteiger partial charge in [0, 0.05) is 17.5 Å². The van der Waals surface area contributed by atoms with Crippen LogP contribution >= 0.6 is 11.8 Å². The first-order valence-electron chi connectivity index (χ1n) is 8.82. The molecule has 2 aromatic carbocycles. The molecule has 1 aliphatic rings. The van der Waals surface area contributed by atoms with Crippen molar-refractivity contribution in [3.8, 4) is 11.5 Å². The number of rotatable bonds is 7. The lowest BCUT2D eigenvalue weighted by atomic mass is 10.2. The zero-order valence-corrected chi connectivity index (χ0v) is 16.9. The maximum absolute atomic E-state index is 12.3. The number of carbonyl (C=O) groups excluding carboxylic acids is 3. The topological polar surface area (TPSA) is 97.0 Å². The molecule has 0 saturated heterocycles. The monoisotopic (exact) mass is 415 g/mol. The highest BCUT2D eigenvalue weighted by Gasteiger charge is 2.18. The molecule has 0 saturated carbocycles. The number of likely N-dealkylation sites (N-methyl/N-ethyl adjacent to an activating group) is 1. The number of ether oxygens (including phenoxy) is 2. The first-order valence-corrected chi connectivity index (χ1v) is 10.0. The van der Waals surface area contributed by atoms with Crippen molar-refractivity contribution in [3.05, 3.63) is 48.0 Å². The number of para-hydroxylation sites is 1. The highest BCUT2D eigenvalue weighted by molar-refractivity contribution is 7.98. The molecule has 3 rings (SSSR count). The average Bonchev–Trinajstić information content (AvgIpc) is 3.19. The smallest absolute Gasteiger partial charge is 0.251 e. The van der Waals surface area contributed by atoms with Gasteiger partial charge in [0.05, 0.1) is 18.8 Å². The zero-order chi connectivity index (χ0) is 20.8. The van der Waals surface area contributed by atoms with Gasteiger partial charge in [0.2, 0.25) is 18.6 Å². The Hall–Kier alpha value is -3.20. The molecule has 2 aromatic rings. The summed E-state index contributed by atoms with van der Waals surface area (Å²) in [7, 11) is 1.51. The van der Waals surface area contributed by atoms with Gasteiger partial charge in [0.1, 0.15) is 0 Å². The van der Waals surface area contributed by atoms with Crippen LogP contribution in [0, 0.1) is 0 Å². The van der Waals surface area contributed by atoms with Gasteiger partial charge in [-0.25, -0.2) is 0 Å². The number of amides is 3. The third kappa shape index (κ3) is 5.20. The van der Waals surface area contributed by atoms with Crippen LogP contribution in [0.25, 0.3) is 0 Å². The number of thioether (sulfide) groups is 1. The van der Waals surface area contributed by atoms with Gasteiger partial charge in [-0.2, -0.15) is 0 Å². The average molecular weight is 415 g/mol. The highest BCUT2D eigenvalue weighted by atomic mass is 32.2. The van der Waals surface area contributed by atoms with Gasteiger partial charge >= 0.3 is 0 Å². The molecule has 152 valence electrons. The maximum atomic E-state index is 12.3. The SMILES string of the molecule is CSc1ccccc1NC(=O)CN(C)C(=O)CNC(=O)c1ccc2c(c1)OCO2. The van der Waals surface area contributed by atoms with Crippen molar-refractivity contribution in [2.45, 2.75) is 4.90 Å². The predicted octanol–water partition coefficient (Wildman–Crippen LogP) is 1.96. The summed E-state index contributed by atoms with van der Waals surface area (Å²) in [5, 5.41) is 5.35. The van der Waals surface area contributed by atoms with Crippen LogP contribution in [-0.4, -0.2) is 55.8 Å². The highest BCUT2D eigenvalue weighted by Crippen LogP contribution is 2.32.